The molecule has 1 aromatic carbocycles. The van der Waals surface area contributed by atoms with E-state index in [1.165, 1.54) is 12.1 Å². The second kappa shape index (κ2) is 5.91. The van der Waals surface area contributed by atoms with Crippen LogP contribution >= 0.6 is 0 Å². The Balaban J connectivity index is 2.36. The van der Waals surface area contributed by atoms with E-state index in [4.69, 9.17) is 5.11 Å². The molecule has 9 heteroatoms. The summed E-state index contributed by atoms with van der Waals surface area (Å²) in [6.45, 7) is 0.800. The molecule has 0 aliphatic carbocycles. The number of carbonyl (C=O) groups is 1. The summed E-state index contributed by atoms with van der Waals surface area (Å²) >= 11 is 0. The van der Waals surface area contributed by atoms with Crippen LogP contribution in [0.15, 0.2) is 23.1 Å². The highest BCUT2D eigenvalue weighted by atomic mass is 32.2. The van der Waals surface area contributed by atoms with Crippen LogP contribution in [-0.2, 0) is 14.6 Å². The number of rotatable bonds is 4. The summed E-state index contributed by atoms with van der Waals surface area (Å²) in [6, 6.07) is 3.72. The number of carboxylic acid groups (broad SMARTS) is 1. The van der Waals surface area contributed by atoms with Gasteiger partial charge in [-0.1, -0.05) is 0 Å². The van der Waals surface area contributed by atoms with Crippen LogP contribution in [0.3, 0.4) is 0 Å². The molecule has 0 atom stereocenters. The summed E-state index contributed by atoms with van der Waals surface area (Å²) in [5, 5.41) is 19.8. The number of carboxylic acids is 1. The molecule has 1 N–H and O–H groups in total. The van der Waals surface area contributed by atoms with E-state index in [9.17, 15) is 23.3 Å². The van der Waals surface area contributed by atoms with Crippen molar-refractivity contribution < 1.29 is 23.2 Å². The second-order valence-corrected chi connectivity index (χ2v) is 7.27. The number of non-ortho nitro benzene ring substituents is 1. The predicted octanol–water partition coefficient (Wildman–Crippen LogP) is 1.30. The maximum atomic E-state index is 11.9. The van der Waals surface area contributed by atoms with E-state index in [0.717, 1.165) is 12.3 Å². The lowest BCUT2D eigenvalue weighted by Gasteiger charge is -2.32. The molecular formula is C13H16N2O6S. The Hall–Kier alpha value is -2.16. The summed E-state index contributed by atoms with van der Waals surface area (Å²) in [4.78, 5) is 22.8. The van der Waals surface area contributed by atoms with Gasteiger partial charge >= 0.3 is 5.97 Å². The second-order valence-electron chi connectivity index (χ2n) is 5.28. The van der Waals surface area contributed by atoms with E-state index >= 15 is 0 Å². The van der Waals surface area contributed by atoms with E-state index in [-0.39, 0.29) is 10.6 Å². The number of nitrogens with zero attached hydrogens (tertiary/aromatic N) is 2. The van der Waals surface area contributed by atoms with E-state index in [0.29, 0.717) is 31.6 Å². The first-order chi connectivity index (χ1) is 10.2. The van der Waals surface area contributed by atoms with Crippen LogP contribution in [0, 0.1) is 16.0 Å². The number of hydrogen-bond acceptors (Lipinski definition) is 6. The highest BCUT2D eigenvalue weighted by molar-refractivity contribution is 7.90. The van der Waals surface area contributed by atoms with Crippen LogP contribution in [0.5, 0.6) is 0 Å². The van der Waals surface area contributed by atoms with Crippen molar-refractivity contribution in [1.29, 1.82) is 0 Å². The zero-order valence-electron chi connectivity index (χ0n) is 11.9. The molecule has 0 aromatic heterocycles. The van der Waals surface area contributed by atoms with Crippen LogP contribution in [0.4, 0.5) is 11.4 Å². The number of nitro groups is 1. The van der Waals surface area contributed by atoms with Crippen LogP contribution in [0.25, 0.3) is 0 Å². The van der Waals surface area contributed by atoms with E-state index in [1.807, 2.05) is 0 Å². The zero-order valence-corrected chi connectivity index (χ0v) is 12.7. The van der Waals surface area contributed by atoms with Crippen LogP contribution < -0.4 is 4.90 Å². The molecular weight excluding hydrogens is 312 g/mol. The number of nitro benzene ring substituents is 1. The molecule has 0 radical (unpaired) electrons. The van der Waals surface area contributed by atoms with Crippen LogP contribution in [0.1, 0.15) is 12.8 Å². The largest absolute Gasteiger partial charge is 0.481 e. The molecule has 1 saturated heterocycles. The van der Waals surface area contributed by atoms with Gasteiger partial charge in [0, 0.05) is 31.5 Å². The molecule has 0 saturated carbocycles. The van der Waals surface area contributed by atoms with Crippen molar-refractivity contribution in [2.24, 2.45) is 5.92 Å². The molecule has 1 aliphatic rings. The van der Waals surface area contributed by atoms with Crippen molar-refractivity contribution in [2.75, 3.05) is 24.2 Å². The Bertz CT molecular complexity index is 707. The smallest absolute Gasteiger partial charge is 0.306 e. The van der Waals surface area contributed by atoms with Gasteiger partial charge in [-0.3, -0.25) is 14.9 Å². The minimum absolute atomic E-state index is 0.101. The summed E-state index contributed by atoms with van der Waals surface area (Å²) in [6.07, 6.45) is 1.82. The third-order valence-corrected chi connectivity index (χ3v) is 4.86. The highest BCUT2D eigenvalue weighted by Gasteiger charge is 2.28. The maximum Gasteiger partial charge on any atom is 0.306 e. The lowest BCUT2D eigenvalue weighted by Crippen LogP contribution is -2.37. The van der Waals surface area contributed by atoms with E-state index in [2.05, 4.69) is 0 Å². The summed E-state index contributed by atoms with van der Waals surface area (Å²) in [7, 11) is -3.63. The zero-order chi connectivity index (χ0) is 16.5. The van der Waals surface area contributed by atoms with Gasteiger partial charge in [0.1, 0.15) is 0 Å². The number of aliphatic carboxylic acids is 1. The third kappa shape index (κ3) is 3.35. The standard InChI is InChI=1S/C13H16N2O6S/c1-22(20,21)12-8-10(15(18)19)2-3-11(12)14-6-4-9(5-7-14)13(16)17/h2-3,8-9H,4-7H2,1H3,(H,16,17). The quantitative estimate of drug-likeness (QED) is 0.653. The van der Waals surface area contributed by atoms with Gasteiger partial charge in [0.25, 0.3) is 5.69 Å². The highest BCUT2D eigenvalue weighted by Crippen LogP contribution is 2.32. The van der Waals surface area contributed by atoms with Gasteiger partial charge < -0.3 is 10.0 Å². The topological polar surface area (TPSA) is 118 Å². The van der Waals surface area contributed by atoms with Crippen molar-refractivity contribution in [3.05, 3.63) is 28.3 Å². The molecule has 0 amide bonds. The lowest BCUT2D eigenvalue weighted by atomic mass is 9.97. The Morgan fingerprint density at radius 3 is 2.41 bits per heavy atom. The molecule has 0 bridgehead atoms. The van der Waals surface area contributed by atoms with Crippen molar-refractivity contribution in [3.63, 3.8) is 0 Å². The van der Waals surface area contributed by atoms with Crippen molar-refractivity contribution in [1.82, 2.24) is 0 Å². The number of piperidine rings is 1. The molecule has 1 aromatic rings. The van der Waals surface area contributed by atoms with E-state index in [1.54, 1.807) is 4.90 Å². The normalized spacial score (nSPS) is 16.5. The molecule has 120 valence electrons. The Morgan fingerprint density at radius 1 is 1.36 bits per heavy atom. The Kier molecular flexibility index (Phi) is 4.36. The van der Waals surface area contributed by atoms with Gasteiger partial charge in [0.05, 0.1) is 21.4 Å². The van der Waals surface area contributed by atoms with Gasteiger partial charge in [-0.2, -0.15) is 0 Å². The van der Waals surface area contributed by atoms with Crippen LogP contribution in [0.2, 0.25) is 0 Å². The van der Waals surface area contributed by atoms with Crippen LogP contribution in [-0.4, -0.2) is 43.8 Å². The van der Waals surface area contributed by atoms with Crippen molar-refractivity contribution >= 4 is 27.2 Å². The first-order valence-electron chi connectivity index (χ1n) is 6.66. The molecule has 2 rings (SSSR count). The molecule has 0 spiro atoms. The lowest BCUT2D eigenvalue weighted by molar-refractivity contribution is -0.385. The number of anilines is 1. The number of hydrogen-bond donors (Lipinski definition) is 1. The number of benzene rings is 1. The van der Waals surface area contributed by atoms with Crippen molar-refractivity contribution in [3.8, 4) is 0 Å². The van der Waals surface area contributed by atoms with Crippen molar-refractivity contribution in [2.45, 2.75) is 17.7 Å². The first-order valence-corrected chi connectivity index (χ1v) is 8.55. The molecule has 8 nitrogen and oxygen atoms in total. The molecule has 1 fully saturated rings. The minimum Gasteiger partial charge on any atom is -0.481 e. The van der Waals surface area contributed by atoms with Gasteiger partial charge in [0.2, 0.25) is 0 Å². The fourth-order valence-electron chi connectivity index (χ4n) is 2.54. The molecule has 0 unspecified atom stereocenters. The van der Waals surface area contributed by atoms with Gasteiger partial charge in [-0.15, -0.1) is 0 Å². The SMILES string of the molecule is CS(=O)(=O)c1cc([N+](=O)[O-])ccc1N1CCC(C(=O)O)CC1. The van der Waals surface area contributed by atoms with Gasteiger partial charge in [-0.25, -0.2) is 8.42 Å². The van der Waals surface area contributed by atoms with Gasteiger partial charge in [0.15, 0.2) is 9.84 Å². The maximum absolute atomic E-state index is 11.9. The average molecular weight is 328 g/mol. The summed E-state index contributed by atoms with van der Waals surface area (Å²) in [5.41, 5.74) is 0.0986. The summed E-state index contributed by atoms with van der Waals surface area (Å²) in [5.74, 6) is -1.29. The molecule has 1 heterocycles. The minimum atomic E-state index is -3.63. The predicted molar refractivity (Wildman–Crippen MR) is 78.8 cm³/mol. The number of sulfone groups is 1. The summed E-state index contributed by atoms with van der Waals surface area (Å²) < 4.78 is 23.8. The first kappa shape index (κ1) is 16.2. The monoisotopic (exact) mass is 328 g/mol. The van der Waals surface area contributed by atoms with E-state index < -0.39 is 26.6 Å². The average Bonchev–Trinajstić information content (AvgIpc) is 2.45. The van der Waals surface area contributed by atoms with Gasteiger partial charge in [-0.05, 0) is 18.9 Å². The molecule has 1 aliphatic heterocycles. The Labute approximate surface area is 127 Å². The third-order valence-electron chi connectivity index (χ3n) is 3.74. The molecule has 22 heavy (non-hydrogen) atoms. The fourth-order valence-corrected chi connectivity index (χ4v) is 3.45. The Morgan fingerprint density at radius 2 is 1.95 bits per heavy atom. The fraction of sp³-hybridized carbons (Fsp3) is 0.462.